The third-order valence-electron chi connectivity index (χ3n) is 1.42. The van der Waals surface area contributed by atoms with Crippen molar-refractivity contribution in [3.8, 4) is 0 Å². The third kappa shape index (κ3) is 2.36. The summed E-state index contributed by atoms with van der Waals surface area (Å²) in [5, 5.41) is 0.159. The Balaban J connectivity index is 3.21. The van der Waals surface area contributed by atoms with Gasteiger partial charge in [-0.3, -0.25) is 9.39 Å². The molecule has 1 aromatic carbocycles. The van der Waals surface area contributed by atoms with Gasteiger partial charge < -0.3 is 0 Å². The number of hydrogen-bond donors (Lipinski definition) is 1. The zero-order chi connectivity index (χ0) is 10.8. The van der Waals surface area contributed by atoms with Gasteiger partial charge in [-0.25, -0.2) is 0 Å². The van der Waals surface area contributed by atoms with Crippen molar-refractivity contribution in [1.82, 2.24) is 0 Å². The van der Waals surface area contributed by atoms with E-state index >= 15 is 0 Å². The predicted molar refractivity (Wildman–Crippen MR) is 52.5 cm³/mol. The highest BCUT2D eigenvalue weighted by atomic mass is 35.5. The molecule has 0 bridgehead atoms. The first kappa shape index (κ1) is 11.3. The Morgan fingerprint density at radius 1 is 1.43 bits per heavy atom. The first-order valence-corrected chi connectivity index (χ1v) is 5.30. The standard InChI is InChI=1S/C7H8ClNO4S/c1-13-9(14(10,11)12)7-5-3-2-4-6(7)8/h2-5H,1H3,(H,10,11,12). The molecule has 0 fully saturated rings. The first-order valence-electron chi connectivity index (χ1n) is 3.53. The molecule has 0 heterocycles. The molecule has 5 nitrogen and oxygen atoms in total. The third-order valence-corrected chi connectivity index (χ3v) is 2.51. The SMILES string of the molecule is CON(c1ccccc1Cl)S(=O)(=O)O. The molecule has 0 amide bonds. The second kappa shape index (κ2) is 4.14. The minimum Gasteiger partial charge on any atom is -0.267 e. The Bertz CT molecular complexity index is 419. The van der Waals surface area contributed by atoms with E-state index in [9.17, 15) is 8.42 Å². The largest absolute Gasteiger partial charge is 0.382 e. The van der Waals surface area contributed by atoms with E-state index in [4.69, 9.17) is 16.2 Å². The van der Waals surface area contributed by atoms with Crippen LogP contribution in [0.5, 0.6) is 0 Å². The molecule has 0 atom stereocenters. The molecule has 14 heavy (non-hydrogen) atoms. The summed E-state index contributed by atoms with van der Waals surface area (Å²) in [6.45, 7) is 0. The summed E-state index contributed by atoms with van der Waals surface area (Å²) in [4.78, 5) is 4.49. The minimum atomic E-state index is -4.46. The summed E-state index contributed by atoms with van der Waals surface area (Å²) >= 11 is 5.71. The summed E-state index contributed by atoms with van der Waals surface area (Å²) < 4.78 is 30.7. The van der Waals surface area contributed by atoms with Crippen molar-refractivity contribution in [2.45, 2.75) is 0 Å². The van der Waals surface area contributed by atoms with E-state index in [1.54, 1.807) is 12.1 Å². The van der Waals surface area contributed by atoms with Crippen LogP contribution in [0.15, 0.2) is 24.3 Å². The van der Waals surface area contributed by atoms with Crippen LogP contribution in [0.3, 0.4) is 0 Å². The molecule has 0 unspecified atom stereocenters. The van der Waals surface area contributed by atoms with Gasteiger partial charge in [-0.05, 0) is 12.1 Å². The molecule has 0 saturated heterocycles. The van der Waals surface area contributed by atoms with Crippen molar-refractivity contribution < 1.29 is 17.8 Å². The zero-order valence-electron chi connectivity index (χ0n) is 7.21. The predicted octanol–water partition coefficient (Wildman–Crippen LogP) is 1.51. The molecule has 0 aromatic heterocycles. The highest BCUT2D eigenvalue weighted by Crippen LogP contribution is 2.26. The van der Waals surface area contributed by atoms with Crippen LogP contribution < -0.4 is 4.47 Å². The van der Waals surface area contributed by atoms with Gasteiger partial charge in [-0.2, -0.15) is 8.42 Å². The average molecular weight is 238 g/mol. The summed E-state index contributed by atoms with van der Waals surface area (Å²) in [5.41, 5.74) is 0.0548. The Kier molecular flexibility index (Phi) is 3.33. The van der Waals surface area contributed by atoms with Gasteiger partial charge >= 0.3 is 10.3 Å². The summed E-state index contributed by atoms with van der Waals surface area (Å²) in [5.74, 6) is 0. The average Bonchev–Trinajstić information content (AvgIpc) is 2.07. The van der Waals surface area contributed by atoms with Gasteiger partial charge in [-0.1, -0.05) is 23.7 Å². The van der Waals surface area contributed by atoms with E-state index in [-0.39, 0.29) is 10.7 Å². The maximum absolute atomic E-state index is 10.8. The lowest BCUT2D eigenvalue weighted by molar-refractivity contribution is 0.206. The van der Waals surface area contributed by atoms with Crippen LogP contribution in [0.4, 0.5) is 5.69 Å². The molecule has 1 rings (SSSR count). The lowest BCUT2D eigenvalue weighted by atomic mass is 10.3. The number of halogens is 1. The molecule has 7 heteroatoms. The fraction of sp³-hybridized carbons (Fsp3) is 0.143. The summed E-state index contributed by atoms with van der Waals surface area (Å²) in [6.07, 6.45) is 0. The van der Waals surface area contributed by atoms with Gasteiger partial charge in [0.1, 0.15) is 5.69 Å². The molecule has 1 N–H and O–H groups in total. The Morgan fingerprint density at radius 2 is 2.00 bits per heavy atom. The quantitative estimate of drug-likeness (QED) is 0.639. The minimum absolute atomic E-state index is 0.0548. The molecule has 0 aliphatic carbocycles. The van der Waals surface area contributed by atoms with Crippen LogP contribution in [-0.4, -0.2) is 20.1 Å². The fourth-order valence-electron chi connectivity index (χ4n) is 0.917. The van der Waals surface area contributed by atoms with Crippen LogP contribution in [0.1, 0.15) is 0 Å². The lowest BCUT2D eigenvalue weighted by Gasteiger charge is -2.17. The molecule has 0 aliphatic heterocycles. The van der Waals surface area contributed by atoms with E-state index < -0.39 is 10.3 Å². The number of para-hydroxylation sites is 1. The summed E-state index contributed by atoms with van der Waals surface area (Å²) in [7, 11) is -3.36. The number of anilines is 1. The highest BCUT2D eigenvalue weighted by Gasteiger charge is 2.21. The van der Waals surface area contributed by atoms with E-state index in [1.807, 2.05) is 0 Å². The topological polar surface area (TPSA) is 66.8 Å². The number of benzene rings is 1. The van der Waals surface area contributed by atoms with E-state index in [0.717, 1.165) is 7.11 Å². The number of nitrogens with zero attached hydrogens (tertiary/aromatic N) is 1. The second-order valence-corrected chi connectivity index (χ2v) is 3.97. The summed E-state index contributed by atoms with van der Waals surface area (Å²) in [6, 6.07) is 6.08. The second-order valence-electron chi connectivity index (χ2n) is 2.34. The van der Waals surface area contributed by atoms with Gasteiger partial charge in [0.2, 0.25) is 0 Å². The van der Waals surface area contributed by atoms with Gasteiger partial charge in [-0.15, -0.1) is 4.47 Å². The first-order chi connectivity index (χ1) is 6.46. The lowest BCUT2D eigenvalue weighted by Crippen LogP contribution is -2.29. The van der Waals surface area contributed by atoms with Crippen molar-refractivity contribution >= 4 is 27.6 Å². The van der Waals surface area contributed by atoms with Crippen LogP contribution in [-0.2, 0) is 15.1 Å². The Labute approximate surface area is 86.7 Å². The van der Waals surface area contributed by atoms with Crippen LogP contribution in [0.2, 0.25) is 5.02 Å². The van der Waals surface area contributed by atoms with Gasteiger partial charge in [0.05, 0.1) is 12.1 Å². The maximum atomic E-state index is 10.8. The molecule has 0 aliphatic rings. The maximum Gasteiger partial charge on any atom is 0.382 e. The van der Waals surface area contributed by atoms with Gasteiger partial charge in [0, 0.05) is 0 Å². The Hall–Kier alpha value is -0.820. The van der Waals surface area contributed by atoms with Crippen LogP contribution in [0, 0.1) is 0 Å². The monoisotopic (exact) mass is 237 g/mol. The number of rotatable bonds is 3. The van der Waals surface area contributed by atoms with Crippen molar-refractivity contribution in [2.75, 3.05) is 11.6 Å². The van der Waals surface area contributed by atoms with E-state index in [2.05, 4.69) is 4.84 Å². The van der Waals surface area contributed by atoms with Crippen molar-refractivity contribution in [1.29, 1.82) is 0 Å². The van der Waals surface area contributed by atoms with Gasteiger partial charge in [0.15, 0.2) is 0 Å². The van der Waals surface area contributed by atoms with Crippen molar-refractivity contribution in [2.24, 2.45) is 0 Å². The molecule has 0 radical (unpaired) electrons. The highest BCUT2D eigenvalue weighted by molar-refractivity contribution is 7.87. The fourth-order valence-corrected chi connectivity index (χ4v) is 1.78. The molecule has 1 aromatic rings. The van der Waals surface area contributed by atoms with Crippen molar-refractivity contribution in [3.63, 3.8) is 0 Å². The van der Waals surface area contributed by atoms with Crippen LogP contribution >= 0.6 is 11.6 Å². The smallest absolute Gasteiger partial charge is 0.267 e. The Morgan fingerprint density at radius 3 is 2.43 bits per heavy atom. The number of hydrogen-bond acceptors (Lipinski definition) is 3. The zero-order valence-corrected chi connectivity index (χ0v) is 8.79. The molecule has 78 valence electrons. The molecular formula is C7H8ClNO4S. The van der Waals surface area contributed by atoms with Crippen LogP contribution in [0.25, 0.3) is 0 Å². The molecule has 0 spiro atoms. The van der Waals surface area contributed by atoms with E-state index in [1.165, 1.54) is 12.1 Å². The molecular weight excluding hydrogens is 230 g/mol. The van der Waals surface area contributed by atoms with Crippen molar-refractivity contribution in [3.05, 3.63) is 29.3 Å². The van der Waals surface area contributed by atoms with E-state index in [0.29, 0.717) is 4.47 Å². The normalized spacial score (nSPS) is 11.4. The molecule has 0 saturated carbocycles. The van der Waals surface area contributed by atoms with Gasteiger partial charge in [0.25, 0.3) is 0 Å².